The minimum atomic E-state index is -0.582. The Hall–Kier alpha value is -2.64. The van der Waals surface area contributed by atoms with Crippen LogP contribution < -0.4 is 11.1 Å². The Morgan fingerprint density at radius 2 is 2.00 bits per heavy atom. The average molecular weight is 378 g/mol. The second kappa shape index (κ2) is 7.50. The number of nitrogens with two attached hydrogens (primary N) is 1. The van der Waals surface area contributed by atoms with E-state index in [2.05, 4.69) is 20.4 Å². The summed E-state index contributed by atoms with van der Waals surface area (Å²) in [5.74, 6) is 0.835. The minimum absolute atomic E-state index is 0.250. The number of primary amides is 1. The summed E-state index contributed by atoms with van der Waals surface area (Å²) in [4.78, 5) is 19.5. The van der Waals surface area contributed by atoms with Crippen molar-refractivity contribution in [2.45, 2.75) is 6.42 Å². The van der Waals surface area contributed by atoms with E-state index in [-0.39, 0.29) is 5.56 Å². The zero-order valence-corrected chi connectivity index (χ0v) is 14.4. The van der Waals surface area contributed by atoms with Gasteiger partial charge < -0.3 is 15.6 Å². The third-order valence-corrected chi connectivity index (χ3v) is 3.87. The summed E-state index contributed by atoms with van der Waals surface area (Å²) in [6.45, 7) is 0.477. The van der Waals surface area contributed by atoms with E-state index in [0.717, 1.165) is 5.56 Å². The highest BCUT2D eigenvalue weighted by Crippen LogP contribution is 2.21. The third kappa shape index (κ3) is 4.26. The molecule has 0 aliphatic rings. The maximum atomic E-state index is 11.1. The Labute approximate surface area is 153 Å². The van der Waals surface area contributed by atoms with Crippen molar-refractivity contribution in [3.05, 3.63) is 58.0 Å². The van der Waals surface area contributed by atoms with Gasteiger partial charge in [-0.3, -0.25) is 4.79 Å². The molecule has 128 valence electrons. The molecule has 2 heterocycles. The second-order valence-electron chi connectivity index (χ2n) is 5.11. The highest BCUT2D eigenvalue weighted by atomic mass is 35.5. The molecule has 0 atom stereocenters. The molecule has 0 aliphatic heterocycles. The number of benzene rings is 1. The van der Waals surface area contributed by atoms with Crippen LogP contribution in [-0.2, 0) is 6.42 Å². The molecule has 0 unspecified atom stereocenters. The Bertz CT molecular complexity index is 896. The van der Waals surface area contributed by atoms with Crippen LogP contribution in [0.5, 0.6) is 0 Å². The molecule has 0 radical (unpaired) electrons. The van der Waals surface area contributed by atoms with Crippen molar-refractivity contribution in [2.24, 2.45) is 5.73 Å². The van der Waals surface area contributed by atoms with E-state index in [4.69, 9.17) is 33.5 Å². The molecule has 9 heteroatoms. The molecule has 0 saturated carbocycles. The van der Waals surface area contributed by atoms with E-state index < -0.39 is 5.91 Å². The molecule has 0 fully saturated rings. The number of halogens is 2. The van der Waals surface area contributed by atoms with Crippen LogP contribution >= 0.6 is 23.2 Å². The van der Waals surface area contributed by atoms with Crippen molar-refractivity contribution in [2.75, 3.05) is 11.9 Å². The van der Waals surface area contributed by atoms with Crippen LogP contribution in [0.4, 0.5) is 5.82 Å². The quantitative estimate of drug-likeness (QED) is 0.682. The van der Waals surface area contributed by atoms with Gasteiger partial charge >= 0.3 is 0 Å². The monoisotopic (exact) mass is 377 g/mol. The van der Waals surface area contributed by atoms with Crippen LogP contribution in [0.1, 0.15) is 16.2 Å². The Morgan fingerprint density at radius 3 is 2.68 bits per heavy atom. The van der Waals surface area contributed by atoms with Crippen molar-refractivity contribution >= 4 is 34.9 Å². The van der Waals surface area contributed by atoms with E-state index in [1.807, 2.05) is 12.1 Å². The van der Waals surface area contributed by atoms with Crippen molar-refractivity contribution in [1.82, 2.24) is 15.1 Å². The average Bonchev–Trinajstić information content (AvgIpc) is 3.05. The van der Waals surface area contributed by atoms with Crippen molar-refractivity contribution in [3.8, 4) is 11.4 Å². The number of amides is 1. The number of hydrogen-bond donors (Lipinski definition) is 2. The fourth-order valence-corrected chi connectivity index (χ4v) is 2.42. The molecular formula is C16H13Cl2N5O2. The molecule has 0 saturated heterocycles. The highest BCUT2D eigenvalue weighted by molar-refractivity contribution is 6.33. The normalized spacial score (nSPS) is 10.6. The van der Waals surface area contributed by atoms with Gasteiger partial charge in [-0.2, -0.15) is 4.98 Å². The van der Waals surface area contributed by atoms with Gasteiger partial charge in [0.2, 0.25) is 17.6 Å². The number of carbonyl (C=O) groups excluding carboxylic acids is 1. The predicted octanol–water partition coefficient (Wildman–Crippen LogP) is 3.19. The molecule has 7 nitrogen and oxygen atoms in total. The minimum Gasteiger partial charge on any atom is -0.368 e. The van der Waals surface area contributed by atoms with Gasteiger partial charge in [0, 0.05) is 29.7 Å². The van der Waals surface area contributed by atoms with Crippen molar-refractivity contribution in [1.29, 1.82) is 0 Å². The Kier molecular flexibility index (Phi) is 5.16. The fourth-order valence-electron chi connectivity index (χ4n) is 2.06. The smallest absolute Gasteiger partial charge is 0.250 e. The zero-order valence-electron chi connectivity index (χ0n) is 12.9. The molecule has 0 spiro atoms. The molecule has 0 bridgehead atoms. The van der Waals surface area contributed by atoms with Crippen LogP contribution in [0.15, 0.2) is 41.1 Å². The lowest BCUT2D eigenvalue weighted by atomic mass is 10.2. The molecule has 3 N–H and O–H groups in total. The number of nitrogens with zero attached hydrogens (tertiary/aromatic N) is 3. The largest absolute Gasteiger partial charge is 0.368 e. The Morgan fingerprint density at radius 1 is 1.24 bits per heavy atom. The molecule has 0 aliphatic carbocycles. The topological polar surface area (TPSA) is 107 Å². The van der Waals surface area contributed by atoms with E-state index >= 15 is 0 Å². The molecule has 25 heavy (non-hydrogen) atoms. The lowest BCUT2D eigenvalue weighted by Crippen LogP contribution is -2.12. The van der Waals surface area contributed by atoms with Crippen LogP contribution in [0.25, 0.3) is 11.4 Å². The van der Waals surface area contributed by atoms with Crippen molar-refractivity contribution in [3.63, 3.8) is 0 Å². The van der Waals surface area contributed by atoms with Gasteiger partial charge in [-0.05, 0) is 30.3 Å². The summed E-state index contributed by atoms with van der Waals surface area (Å²) in [5, 5.41) is 7.93. The summed E-state index contributed by atoms with van der Waals surface area (Å²) in [6.07, 6.45) is 1.85. The molecule has 3 rings (SSSR count). The number of pyridine rings is 1. The fraction of sp³-hybridized carbons (Fsp3) is 0.125. The first-order chi connectivity index (χ1) is 12.0. The van der Waals surface area contributed by atoms with Gasteiger partial charge in [-0.1, -0.05) is 28.4 Å². The Balaban J connectivity index is 1.59. The first-order valence-electron chi connectivity index (χ1n) is 7.30. The molecule has 2 aromatic heterocycles. The lowest BCUT2D eigenvalue weighted by Gasteiger charge is -2.06. The van der Waals surface area contributed by atoms with Gasteiger partial charge in [0.25, 0.3) is 0 Å². The molecule has 3 aromatic rings. The summed E-state index contributed by atoms with van der Waals surface area (Å²) in [7, 11) is 0. The number of carbonyl (C=O) groups is 1. The van der Waals surface area contributed by atoms with E-state index in [9.17, 15) is 4.79 Å². The number of aromatic nitrogens is 3. The third-order valence-electron chi connectivity index (χ3n) is 3.33. The van der Waals surface area contributed by atoms with Gasteiger partial charge in [0.15, 0.2) is 0 Å². The zero-order chi connectivity index (χ0) is 17.8. The molecular weight excluding hydrogens is 365 g/mol. The maximum absolute atomic E-state index is 11.1. The van der Waals surface area contributed by atoms with Crippen LogP contribution in [0.2, 0.25) is 10.0 Å². The lowest BCUT2D eigenvalue weighted by molar-refractivity contribution is 0.1000. The summed E-state index contributed by atoms with van der Waals surface area (Å²) in [6, 6.07) is 8.62. The van der Waals surface area contributed by atoms with Crippen LogP contribution in [0.3, 0.4) is 0 Å². The molecule has 1 aromatic carbocycles. The summed E-state index contributed by atoms with van der Waals surface area (Å²) in [5.41, 5.74) is 6.24. The first-order valence-corrected chi connectivity index (χ1v) is 8.06. The van der Waals surface area contributed by atoms with E-state index in [1.54, 1.807) is 12.1 Å². The standard InChI is InChI=1S/C16H13Cl2N5O2/c17-11-3-1-9(2-4-11)15-22-13(25-23-15)5-6-20-16-12(18)7-10(8-21-16)14(19)24/h1-4,7-8H,5-6H2,(H2,19,24)(H,20,21). The summed E-state index contributed by atoms with van der Waals surface area (Å²) < 4.78 is 5.22. The van der Waals surface area contributed by atoms with Crippen LogP contribution in [-0.4, -0.2) is 27.6 Å². The highest BCUT2D eigenvalue weighted by Gasteiger charge is 2.10. The molecule has 1 amide bonds. The van der Waals surface area contributed by atoms with Gasteiger partial charge in [-0.15, -0.1) is 0 Å². The van der Waals surface area contributed by atoms with Gasteiger partial charge in [-0.25, -0.2) is 4.98 Å². The van der Waals surface area contributed by atoms with E-state index in [1.165, 1.54) is 12.3 Å². The van der Waals surface area contributed by atoms with Crippen molar-refractivity contribution < 1.29 is 9.32 Å². The predicted molar refractivity (Wildman–Crippen MR) is 94.7 cm³/mol. The first kappa shape index (κ1) is 17.2. The van der Waals surface area contributed by atoms with E-state index in [0.29, 0.717) is 40.5 Å². The number of hydrogen-bond acceptors (Lipinski definition) is 6. The van der Waals surface area contributed by atoms with Crippen LogP contribution in [0, 0.1) is 0 Å². The van der Waals surface area contributed by atoms with Gasteiger partial charge in [0.05, 0.1) is 10.6 Å². The number of anilines is 1. The number of nitrogens with one attached hydrogen (secondary N) is 1. The second-order valence-corrected chi connectivity index (χ2v) is 5.96. The van der Waals surface area contributed by atoms with Gasteiger partial charge in [0.1, 0.15) is 5.82 Å². The number of rotatable bonds is 6. The SMILES string of the molecule is NC(=O)c1cnc(NCCc2nc(-c3ccc(Cl)cc3)no2)c(Cl)c1. The summed E-state index contributed by atoms with van der Waals surface area (Å²) >= 11 is 11.9. The maximum Gasteiger partial charge on any atom is 0.250 e.